The number of hydrogen-bond acceptors (Lipinski definition) is 5. The van der Waals surface area contributed by atoms with Gasteiger partial charge in [0.2, 0.25) is 0 Å². The summed E-state index contributed by atoms with van der Waals surface area (Å²) in [4.78, 5) is 35.2. The molecule has 0 aliphatic rings. The molecule has 0 aliphatic heterocycles. The molecule has 0 aliphatic carbocycles. The van der Waals surface area contributed by atoms with E-state index in [1.807, 2.05) is 30.3 Å². The molecule has 0 saturated heterocycles. The zero-order chi connectivity index (χ0) is 14.5. The van der Waals surface area contributed by atoms with Crippen LogP contribution in [0.5, 0.6) is 0 Å². The van der Waals surface area contributed by atoms with Gasteiger partial charge < -0.3 is 4.84 Å². The molecule has 0 bridgehead atoms. The quantitative estimate of drug-likeness (QED) is 0.781. The summed E-state index contributed by atoms with van der Waals surface area (Å²) >= 11 is 0. The summed E-state index contributed by atoms with van der Waals surface area (Å²) in [5.74, 6) is -1.07. The summed E-state index contributed by atoms with van der Waals surface area (Å²) < 4.78 is 0. The monoisotopic (exact) mass is 271 g/mol. The maximum absolute atomic E-state index is 11.4. The molecule has 0 fully saturated rings. The summed E-state index contributed by atoms with van der Waals surface area (Å²) in [5.41, 5.74) is 1.77. The van der Waals surface area contributed by atoms with E-state index in [4.69, 9.17) is 4.84 Å². The van der Waals surface area contributed by atoms with Crippen molar-refractivity contribution >= 4 is 17.8 Å². The van der Waals surface area contributed by atoms with Gasteiger partial charge in [-0.1, -0.05) is 30.3 Å². The first-order chi connectivity index (χ1) is 9.58. The minimum absolute atomic E-state index is 0.0207. The van der Waals surface area contributed by atoms with E-state index in [2.05, 4.69) is 9.97 Å². The average molecular weight is 271 g/mol. The van der Waals surface area contributed by atoms with Crippen molar-refractivity contribution in [2.24, 2.45) is 0 Å². The molecule has 2 aromatic rings. The van der Waals surface area contributed by atoms with E-state index in [0.29, 0.717) is 0 Å². The first-order valence-corrected chi connectivity index (χ1v) is 5.94. The van der Waals surface area contributed by atoms with Crippen LogP contribution in [0.4, 0.5) is 5.95 Å². The number of anilines is 1. The second-order valence-electron chi connectivity index (χ2n) is 4.03. The van der Waals surface area contributed by atoms with Crippen LogP contribution in [0.2, 0.25) is 0 Å². The SMILES string of the molecule is CC(=O)ON(C(C)=O)c1ncc(-c2ccccc2)cn1. The summed E-state index contributed by atoms with van der Waals surface area (Å²) in [6.45, 7) is 2.46. The Kier molecular flexibility index (Phi) is 4.05. The van der Waals surface area contributed by atoms with Crippen LogP contribution in [0.25, 0.3) is 11.1 Å². The van der Waals surface area contributed by atoms with Crippen molar-refractivity contribution in [3.05, 3.63) is 42.7 Å². The number of hydroxylamine groups is 1. The Hall–Kier alpha value is -2.76. The molecule has 0 unspecified atom stereocenters. The van der Waals surface area contributed by atoms with Crippen molar-refractivity contribution in [1.29, 1.82) is 0 Å². The minimum atomic E-state index is -0.615. The first-order valence-electron chi connectivity index (χ1n) is 5.94. The highest BCUT2D eigenvalue weighted by molar-refractivity contribution is 5.89. The number of hydrogen-bond donors (Lipinski definition) is 0. The third kappa shape index (κ3) is 3.17. The van der Waals surface area contributed by atoms with E-state index in [0.717, 1.165) is 16.2 Å². The molecule has 0 spiro atoms. The molecule has 0 atom stereocenters. The van der Waals surface area contributed by atoms with Gasteiger partial charge in [-0.25, -0.2) is 14.8 Å². The highest BCUT2D eigenvalue weighted by atomic mass is 16.7. The fourth-order valence-electron chi connectivity index (χ4n) is 1.58. The van der Waals surface area contributed by atoms with Gasteiger partial charge in [0.25, 0.3) is 11.9 Å². The maximum Gasteiger partial charge on any atom is 0.330 e. The van der Waals surface area contributed by atoms with E-state index in [1.54, 1.807) is 12.4 Å². The van der Waals surface area contributed by atoms with Crippen LogP contribution in [0, 0.1) is 0 Å². The predicted octanol–water partition coefficient (Wildman–Crippen LogP) is 1.97. The lowest BCUT2D eigenvalue weighted by molar-refractivity contribution is -0.148. The second kappa shape index (κ2) is 5.92. The smallest absolute Gasteiger partial charge is 0.330 e. The number of amides is 1. The normalized spacial score (nSPS) is 9.90. The van der Waals surface area contributed by atoms with Gasteiger partial charge in [0.05, 0.1) is 0 Å². The standard InChI is InChI=1S/C14H13N3O3/c1-10(18)17(20-11(2)19)14-15-8-13(9-16-14)12-6-4-3-5-7-12/h3-9H,1-2H3. The third-order valence-corrected chi connectivity index (χ3v) is 2.43. The molecule has 6 heteroatoms. The second-order valence-corrected chi connectivity index (χ2v) is 4.03. The van der Waals surface area contributed by atoms with Crippen LogP contribution in [0.3, 0.4) is 0 Å². The molecule has 1 aromatic heterocycles. The van der Waals surface area contributed by atoms with E-state index in [9.17, 15) is 9.59 Å². The van der Waals surface area contributed by atoms with Gasteiger partial charge in [-0.2, -0.15) is 0 Å². The van der Waals surface area contributed by atoms with Crippen molar-refractivity contribution in [2.75, 3.05) is 5.06 Å². The van der Waals surface area contributed by atoms with Crippen molar-refractivity contribution in [3.8, 4) is 11.1 Å². The Morgan fingerprint density at radius 2 is 1.60 bits per heavy atom. The van der Waals surface area contributed by atoms with E-state index >= 15 is 0 Å². The molecule has 20 heavy (non-hydrogen) atoms. The summed E-state index contributed by atoms with van der Waals surface area (Å²) in [6, 6.07) is 9.57. The molecule has 2 rings (SSSR count). The molecule has 0 saturated carbocycles. The van der Waals surface area contributed by atoms with Crippen LogP contribution < -0.4 is 5.06 Å². The minimum Gasteiger partial charge on any atom is -0.331 e. The molecule has 1 amide bonds. The van der Waals surface area contributed by atoms with Gasteiger partial charge in [-0.15, -0.1) is 5.06 Å². The zero-order valence-electron chi connectivity index (χ0n) is 11.1. The van der Waals surface area contributed by atoms with Gasteiger partial charge in [0.1, 0.15) is 0 Å². The highest BCUT2D eigenvalue weighted by Crippen LogP contribution is 2.18. The fraction of sp³-hybridized carbons (Fsp3) is 0.143. The van der Waals surface area contributed by atoms with E-state index in [1.165, 1.54) is 13.8 Å². The average Bonchev–Trinajstić information content (AvgIpc) is 2.45. The Morgan fingerprint density at radius 3 is 2.10 bits per heavy atom. The molecular weight excluding hydrogens is 258 g/mol. The summed E-state index contributed by atoms with van der Waals surface area (Å²) in [6.07, 6.45) is 3.13. The Bertz CT molecular complexity index is 611. The Labute approximate surface area is 116 Å². The van der Waals surface area contributed by atoms with Crippen molar-refractivity contribution < 1.29 is 14.4 Å². The van der Waals surface area contributed by atoms with E-state index in [-0.39, 0.29) is 5.95 Å². The molecule has 102 valence electrons. The highest BCUT2D eigenvalue weighted by Gasteiger charge is 2.18. The zero-order valence-corrected chi connectivity index (χ0v) is 11.1. The van der Waals surface area contributed by atoms with Gasteiger partial charge >= 0.3 is 5.97 Å². The Morgan fingerprint density at radius 1 is 1.00 bits per heavy atom. The van der Waals surface area contributed by atoms with Crippen LogP contribution in [-0.2, 0) is 14.4 Å². The van der Waals surface area contributed by atoms with Crippen molar-refractivity contribution in [2.45, 2.75) is 13.8 Å². The topological polar surface area (TPSA) is 72.4 Å². The number of carbonyl (C=O) groups is 2. The maximum atomic E-state index is 11.4. The lowest BCUT2D eigenvalue weighted by atomic mass is 10.1. The molecule has 0 radical (unpaired) electrons. The van der Waals surface area contributed by atoms with Gasteiger partial charge in [-0.3, -0.25) is 4.79 Å². The van der Waals surface area contributed by atoms with Crippen LogP contribution in [0.1, 0.15) is 13.8 Å². The van der Waals surface area contributed by atoms with Gasteiger partial charge in [0.15, 0.2) is 0 Å². The lowest BCUT2D eigenvalue weighted by Gasteiger charge is -2.16. The molecule has 6 nitrogen and oxygen atoms in total. The molecular formula is C14H13N3O3. The molecule has 0 N–H and O–H groups in total. The van der Waals surface area contributed by atoms with Crippen LogP contribution >= 0.6 is 0 Å². The van der Waals surface area contributed by atoms with Crippen molar-refractivity contribution in [1.82, 2.24) is 9.97 Å². The van der Waals surface area contributed by atoms with E-state index < -0.39 is 11.9 Å². The largest absolute Gasteiger partial charge is 0.331 e. The fourth-order valence-corrected chi connectivity index (χ4v) is 1.58. The molecule has 1 heterocycles. The summed E-state index contributed by atoms with van der Waals surface area (Å²) in [5, 5.41) is 0.761. The Balaban J connectivity index is 2.27. The number of rotatable bonds is 2. The third-order valence-electron chi connectivity index (χ3n) is 2.43. The number of aromatic nitrogens is 2. The lowest BCUT2D eigenvalue weighted by Crippen LogP contribution is -2.32. The number of benzene rings is 1. The predicted molar refractivity (Wildman–Crippen MR) is 72.4 cm³/mol. The van der Waals surface area contributed by atoms with Crippen LogP contribution in [0.15, 0.2) is 42.7 Å². The number of nitrogens with zero attached hydrogens (tertiary/aromatic N) is 3. The van der Waals surface area contributed by atoms with Crippen molar-refractivity contribution in [3.63, 3.8) is 0 Å². The number of carbonyl (C=O) groups excluding carboxylic acids is 2. The van der Waals surface area contributed by atoms with Gasteiger partial charge in [0, 0.05) is 31.8 Å². The van der Waals surface area contributed by atoms with Crippen LogP contribution in [-0.4, -0.2) is 21.8 Å². The molecule has 1 aromatic carbocycles. The first kappa shape index (κ1) is 13.7. The van der Waals surface area contributed by atoms with Gasteiger partial charge in [-0.05, 0) is 5.56 Å². The summed E-state index contributed by atoms with van der Waals surface area (Å²) in [7, 11) is 0.